The summed E-state index contributed by atoms with van der Waals surface area (Å²) in [5.74, 6) is -0.267. The van der Waals surface area contributed by atoms with Gasteiger partial charge in [-0.05, 0) is 48.6 Å². The molecule has 0 fully saturated rings. The van der Waals surface area contributed by atoms with Gasteiger partial charge >= 0.3 is 5.97 Å². The molecule has 0 radical (unpaired) electrons. The molecule has 0 N–H and O–H groups in total. The van der Waals surface area contributed by atoms with E-state index in [1.807, 2.05) is 18.2 Å². The normalized spacial score (nSPS) is 14.1. The Hall–Kier alpha value is -1.57. The van der Waals surface area contributed by atoms with Crippen LogP contribution in [0.15, 0.2) is 24.3 Å². The average Bonchev–Trinajstić information content (AvgIpc) is 2.28. The number of benzene rings is 1. The molecule has 0 saturated heterocycles. The van der Waals surface area contributed by atoms with Crippen LogP contribution < -0.4 is 0 Å². The monoisotopic (exact) mass is 202 g/mol. The third-order valence-electron chi connectivity index (χ3n) is 2.82. The molecule has 2 heteroatoms. The molecule has 0 spiro atoms. The molecule has 2 nitrogen and oxygen atoms in total. The summed E-state index contributed by atoms with van der Waals surface area (Å²) in [7, 11) is 1.41. The maximum Gasteiger partial charge on any atom is 0.337 e. The predicted octanol–water partition coefficient (Wildman–Crippen LogP) is 2.82. The second kappa shape index (κ2) is 3.89. The molecule has 0 saturated carbocycles. The maximum atomic E-state index is 11.4. The molecule has 78 valence electrons. The molecule has 1 aliphatic carbocycles. The van der Waals surface area contributed by atoms with Crippen LogP contribution in [0, 0.1) is 0 Å². The van der Waals surface area contributed by atoms with Crippen molar-refractivity contribution in [3.63, 3.8) is 0 Å². The van der Waals surface area contributed by atoms with Gasteiger partial charge in [0.25, 0.3) is 0 Å². The molecule has 1 aromatic rings. The van der Waals surface area contributed by atoms with Gasteiger partial charge in [-0.25, -0.2) is 4.79 Å². The molecule has 2 rings (SSSR count). The van der Waals surface area contributed by atoms with E-state index >= 15 is 0 Å². The third kappa shape index (κ3) is 1.80. The van der Waals surface area contributed by atoms with Crippen LogP contribution in [0.3, 0.4) is 0 Å². The van der Waals surface area contributed by atoms with E-state index in [-0.39, 0.29) is 5.97 Å². The minimum Gasteiger partial charge on any atom is -0.465 e. The summed E-state index contributed by atoms with van der Waals surface area (Å²) in [6.07, 6.45) is 4.37. The van der Waals surface area contributed by atoms with Crippen LogP contribution >= 0.6 is 0 Å². The van der Waals surface area contributed by atoms with Crippen molar-refractivity contribution in [2.45, 2.75) is 19.8 Å². The lowest BCUT2D eigenvalue weighted by Gasteiger charge is -2.15. The Kier molecular flexibility index (Phi) is 2.58. The molecule has 0 bridgehead atoms. The largest absolute Gasteiger partial charge is 0.465 e. The van der Waals surface area contributed by atoms with Crippen molar-refractivity contribution in [3.05, 3.63) is 41.0 Å². The summed E-state index contributed by atoms with van der Waals surface area (Å²) in [4.78, 5) is 11.4. The number of ether oxygens (including phenoxy) is 1. The molecule has 0 heterocycles. The third-order valence-corrected chi connectivity index (χ3v) is 2.82. The minimum atomic E-state index is -0.267. The number of allylic oxidation sites excluding steroid dienone is 2. The molecular weight excluding hydrogens is 188 g/mol. The average molecular weight is 202 g/mol. The summed E-state index contributed by atoms with van der Waals surface area (Å²) < 4.78 is 4.70. The van der Waals surface area contributed by atoms with Crippen LogP contribution in [0.1, 0.15) is 34.8 Å². The highest BCUT2D eigenvalue weighted by Gasteiger charge is 2.12. The standard InChI is InChI=1S/C13H14O2/c1-9-4-3-5-10-6-7-11(8-12(9)10)13(14)15-2/h4,6-8H,3,5H2,1-2H3. The molecule has 0 aromatic heterocycles. The van der Waals surface area contributed by atoms with Gasteiger partial charge in [-0.3, -0.25) is 0 Å². The van der Waals surface area contributed by atoms with E-state index in [9.17, 15) is 4.79 Å². The summed E-state index contributed by atoms with van der Waals surface area (Å²) in [5, 5.41) is 0. The van der Waals surface area contributed by atoms with Gasteiger partial charge < -0.3 is 4.74 Å². The van der Waals surface area contributed by atoms with Crippen molar-refractivity contribution in [2.75, 3.05) is 7.11 Å². The molecular formula is C13H14O2. The van der Waals surface area contributed by atoms with Gasteiger partial charge in [0.2, 0.25) is 0 Å². The van der Waals surface area contributed by atoms with Crippen LogP contribution in [0.4, 0.5) is 0 Å². The zero-order valence-electron chi connectivity index (χ0n) is 9.04. The second-order valence-electron chi connectivity index (χ2n) is 3.79. The highest BCUT2D eigenvalue weighted by Crippen LogP contribution is 2.26. The fourth-order valence-electron chi connectivity index (χ4n) is 1.96. The Balaban J connectivity index is 2.46. The molecule has 1 aliphatic rings. The fourth-order valence-corrected chi connectivity index (χ4v) is 1.96. The number of fused-ring (bicyclic) bond motifs is 1. The molecule has 0 atom stereocenters. The quantitative estimate of drug-likeness (QED) is 0.654. The topological polar surface area (TPSA) is 26.3 Å². The fraction of sp³-hybridized carbons (Fsp3) is 0.308. The lowest BCUT2D eigenvalue weighted by molar-refractivity contribution is 0.0600. The smallest absolute Gasteiger partial charge is 0.337 e. The van der Waals surface area contributed by atoms with E-state index in [1.165, 1.54) is 23.8 Å². The number of hydrogen-bond donors (Lipinski definition) is 0. The Bertz CT molecular complexity index is 430. The van der Waals surface area contributed by atoms with Gasteiger partial charge in [0.05, 0.1) is 12.7 Å². The number of carbonyl (C=O) groups excluding carboxylic acids is 1. The first kappa shape index (κ1) is 9.97. The predicted molar refractivity (Wildman–Crippen MR) is 59.8 cm³/mol. The van der Waals surface area contributed by atoms with E-state index in [2.05, 4.69) is 13.0 Å². The van der Waals surface area contributed by atoms with Crippen molar-refractivity contribution in [1.82, 2.24) is 0 Å². The SMILES string of the molecule is COC(=O)c1ccc2c(c1)C(C)=CCC2. The van der Waals surface area contributed by atoms with Crippen LogP contribution in [-0.2, 0) is 11.2 Å². The van der Waals surface area contributed by atoms with E-state index in [0.29, 0.717) is 5.56 Å². The summed E-state index contributed by atoms with van der Waals surface area (Å²) in [6.45, 7) is 2.08. The second-order valence-corrected chi connectivity index (χ2v) is 3.79. The Labute approximate surface area is 89.6 Å². The Morgan fingerprint density at radius 2 is 2.20 bits per heavy atom. The first-order chi connectivity index (χ1) is 7.22. The van der Waals surface area contributed by atoms with Crippen molar-refractivity contribution < 1.29 is 9.53 Å². The Morgan fingerprint density at radius 1 is 1.40 bits per heavy atom. The molecule has 0 unspecified atom stereocenters. The van der Waals surface area contributed by atoms with Gasteiger partial charge in [0.1, 0.15) is 0 Å². The van der Waals surface area contributed by atoms with Gasteiger partial charge in [-0.15, -0.1) is 0 Å². The van der Waals surface area contributed by atoms with Crippen LogP contribution in [-0.4, -0.2) is 13.1 Å². The van der Waals surface area contributed by atoms with E-state index in [4.69, 9.17) is 4.74 Å². The van der Waals surface area contributed by atoms with Crippen molar-refractivity contribution >= 4 is 11.5 Å². The van der Waals surface area contributed by atoms with Crippen molar-refractivity contribution in [1.29, 1.82) is 0 Å². The number of methoxy groups -OCH3 is 1. The van der Waals surface area contributed by atoms with Crippen molar-refractivity contribution in [2.24, 2.45) is 0 Å². The molecule has 15 heavy (non-hydrogen) atoms. The molecule has 0 aliphatic heterocycles. The van der Waals surface area contributed by atoms with Crippen LogP contribution in [0.2, 0.25) is 0 Å². The Morgan fingerprint density at radius 3 is 2.93 bits per heavy atom. The molecule has 0 amide bonds. The van der Waals surface area contributed by atoms with E-state index in [1.54, 1.807) is 0 Å². The van der Waals surface area contributed by atoms with Gasteiger partial charge in [-0.2, -0.15) is 0 Å². The van der Waals surface area contributed by atoms with Crippen LogP contribution in [0.25, 0.3) is 5.57 Å². The van der Waals surface area contributed by atoms with Crippen molar-refractivity contribution in [3.8, 4) is 0 Å². The lowest BCUT2D eigenvalue weighted by Crippen LogP contribution is -2.05. The number of esters is 1. The number of aryl methyl sites for hydroxylation is 1. The zero-order valence-corrected chi connectivity index (χ0v) is 9.04. The minimum absolute atomic E-state index is 0.267. The first-order valence-corrected chi connectivity index (χ1v) is 5.11. The van der Waals surface area contributed by atoms with E-state index in [0.717, 1.165) is 12.8 Å². The summed E-state index contributed by atoms with van der Waals surface area (Å²) in [5.41, 5.74) is 4.39. The summed E-state index contributed by atoms with van der Waals surface area (Å²) >= 11 is 0. The van der Waals surface area contributed by atoms with Crippen LogP contribution in [0.5, 0.6) is 0 Å². The van der Waals surface area contributed by atoms with Gasteiger partial charge in [0.15, 0.2) is 0 Å². The maximum absolute atomic E-state index is 11.4. The number of carbonyl (C=O) groups is 1. The highest BCUT2D eigenvalue weighted by atomic mass is 16.5. The molecule has 1 aromatic carbocycles. The number of hydrogen-bond acceptors (Lipinski definition) is 2. The van der Waals surface area contributed by atoms with Gasteiger partial charge in [-0.1, -0.05) is 12.1 Å². The van der Waals surface area contributed by atoms with Gasteiger partial charge in [0, 0.05) is 0 Å². The van der Waals surface area contributed by atoms with E-state index < -0.39 is 0 Å². The lowest BCUT2D eigenvalue weighted by atomic mass is 9.90. The highest BCUT2D eigenvalue weighted by molar-refractivity contribution is 5.90. The zero-order chi connectivity index (χ0) is 10.8. The first-order valence-electron chi connectivity index (χ1n) is 5.11. The summed E-state index contributed by atoms with van der Waals surface area (Å²) in [6, 6.07) is 5.79. The number of rotatable bonds is 1.